The van der Waals surface area contributed by atoms with Gasteiger partial charge in [-0.25, -0.2) is 27.6 Å². The Labute approximate surface area is 122 Å². The highest BCUT2D eigenvalue weighted by Crippen LogP contribution is 2.50. The van der Waals surface area contributed by atoms with E-state index in [0.717, 1.165) is 6.07 Å². The molecule has 120 valence electrons. The third-order valence-electron chi connectivity index (χ3n) is 3.18. The molecule has 7 heteroatoms. The summed E-state index contributed by atoms with van der Waals surface area (Å²) < 4.78 is 65.9. The van der Waals surface area contributed by atoms with Crippen LogP contribution in [-0.4, -0.2) is 38.7 Å². The number of alkyl halides is 2. The number of rotatable bonds is 4. The Hall–Kier alpha value is -0.790. The van der Waals surface area contributed by atoms with Crippen LogP contribution in [0.5, 0.6) is 0 Å². The van der Waals surface area contributed by atoms with Gasteiger partial charge >= 0.3 is 0 Å². The van der Waals surface area contributed by atoms with Crippen LogP contribution in [0.1, 0.15) is 23.6 Å². The number of hydrogen-bond acceptors (Lipinski definition) is 2. The summed E-state index contributed by atoms with van der Waals surface area (Å²) in [5.74, 6) is -1.81. The van der Waals surface area contributed by atoms with E-state index in [9.17, 15) is 17.6 Å². The van der Waals surface area contributed by atoms with Crippen molar-refractivity contribution < 1.29 is 27.0 Å². The van der Waals surface area contributed by atoms with Crippen molar-refractivity contribution >= 4 is 10.0 Å². The molecule has 2 nitrogen and oxygen atoms in total. The third-order valence-corrected chi connectivity index (χ3v) is 4.78. The second-order valence-electron chi connectivity index (χ2n) is 5.54. The van der Waals surface area contributed by atoms with Gasteiger partial charge in [-0.3, -0.25) is 0 Å². The first kappa shape index (κ1) is 16.6. The molecular weight excluding hydrogens is 308 g/mol. The minimum Gasteiger partial charge on any atom is -0.346 e. The van der Waals surface area contributed by atoms with Crippen molar-refractivity contribution in [2.45, 2.75) is 17.4 Å². The van der Waals surface area contributed by atoms with Crippen LogP contribution in [0.15, 0.2) is 11.0 Å². The zero-order valence-corrected chi connectivity index (χ0v) is 12.9. The topological polar surface area (TPSA) is 18.5 Å². The highest BCUT2D eigenvalue weighted by atomic mass is 32.3. The average Bonchev–Trinajstić information content (AvgIpc) is 2.89. The van der Waals surface area contributed by atoms with E-state index in [1.807, 2.05) is 0 Å². The molecule has 1 fully saturated rings. The lowest BCUT2D eigenvalue weighted by molar-refractivity contribution is -0.0461. The maximum Gasteiger partial charge on any atom is 0.184 e. The zero-order chi connectivity index (χ0) is 15.8. The average molecular weight is 326 g/mol. The fraction of sp³-hybridized carbons (Fsp3) is 0.571. The summed E-state index contributed by atoms with van der Waals surface area (Å²) >= 11 is 0. The summed E-state index contributed by atoms with van der Waals surface area (Å²) in [5, 5.41) is 0. The molecule has 0 radical (unpaired) electrons. The summed E-state index contributed by atoms with van der Waals surface area (Å²) in [5.41, 5.74) is -0.608. The SMILES string of the molecule is CS(C)(C)c1c(F)cc(C2OCCO2)c(C(F)CF)c1F. The van der Waals surface area contributed by atoms with Gasteiger partial charge in [-0.2, -0.15) is 0 Å². The Bertz CT molecular complexity index is 525. The van der Waals surface area contributed by atoms with Crippen molar-refractivity contribution in [3.05, 3.63) is 28.8 Å². The molecular formula is C14H18F4O2S. The van der Waals surface area contributed by atoms with E-state index in [4.69, 9.17) is 9.47 Å². The molecule has 0 spiro atoms. The molecule has 21 heavy (non-hydrogen) atoms. The van der Waals surface area contributed by atoms with Crippen LogP contribution < -0.4 is 0 Å². The quantitative estimate of drug-likeness (QED) is 0.778. The summed E-state index contributed by atoms with van der Waals surface area (Å²) in [4.78, 5) is -0.185. The third kappa shape index (κ3) is 3.19. The molecule has 1 heterocycles. The molecule has 1 aromatic rings. The Morgan fingerprint density at radius 2 is 1.81 bits per heavy atom. The van der Waals surface area contributed by atoms with Gasteiger partial charge in [0, 0.05) is 11.1 Å². The smallest absolute Gasteiger partial charge is 0.184 e. The van der Waals surface area contributed by atoms with Crippen LogP contribution in [-0.2, 0) is 9.47 Å². The van der Waals surface area contributed by atoms with E-state index in [-0.39, 0.29) is 23.7 Å². The maximum absolute atomic E-state index is 14.6. The molecule has 1 atom stereocenters. The first-order chi connectivity index (χ1) is 9.77. The first-order valence-electron chi connectivity index (χ1n) is 6.40. The van der Waals surface area contributed by atoms with Gasteiger partial charge in [-0.1, -0.05) is 0 Å². The van der Waals surface area contributed by atoms with Gasteiger partial charge < -0.3 is 9.47 Å². The lowest BCUT2D eigenvalue weighted by atomic mass is 10.0. The van der Waals surface area contributed by atoms with Crippen molar-refractivity contribution in [3.63, 3.8) is 0 Å². The van der Waals surface area contributed by atoms with E-state index in [2.05, 4.69) is 0 Å². The van der Waals surface area contributed by atoms with Gasteiger partial charge in [0.05, 0.1) is 18.1 Å². The van der Waals surface area contributed by atoms with Crippen molar-refractivity contribution in [2.24, 2.45) is 0 Å². The standard InChI is InChI=1S/C14H18F4O2S/c1-21(2,3)13-9(16)6-8(14-19-4-5-20-14)11(12(13)18)10(17)7-15/h6,10,14H,4-5,7H2,1-3H3. The molecule has 0 bridgehead atoms. The van der Waals surface area contributed by atoms with Crippen LogP contribution in [0.25, 0.3) is 0 Å². The summed E-state index contributed by atoms with van der Waals surface area (Å²) in [6, 6.07) is 1.00. The van der Waals surface area contributed by atoms with Crippen molar-refractivity contribution in [1.29, 1.82) is 0 Å². The zero-order valence-electron chi connectivity index (χ0n) is 12.1. The van der Waals surface area contributed by atoms with Crippen LogP contribution >= 0.6 is 10.0 Å². The number of halogens is 4. The molecule has 1 aliphatic heterocycles. The van der Waals surface area contributed by atoms with Gasteiger partial charge in [-0.05, 0) is 24.8 Å². The van der Waals surface area contributed by atoms with Crippen LogP contribution in [0.4, 0.5) is 17.6 Å². The molecule has 0 N–H and O–H groups in total. The van der Waals surface area contributed by atoms with Gasteiger partial charge in [0.1, 0.15) is 18.3 Å². The van der Waals surface area contributed by atoms with Crippen LogP contribution in [0, 0.1) is 11.6 Å². The molecule has 1 aliphatic rings. The minimum absolute atomic E-state index is 0.111. The summed E-state index contributed by atoms with van der Waals surface area (Å²) in [7, 11) is -1.79. The molecule has 1 unspecified atom stereocenters. The van der Waals surface area contributed by atoms with Gasteiger partial charge in [0.25, 0.3) is 0 Å². The normalized spacial score (nSPS) is 19.0. The van der Waals surface area contributed by atoms with E-state index in [1.165, 1.54) is 0 Å². The summed E-state index contributed by atoms with van der Waals surface area (Å²) in [6.07, 6.45) is 1.82. The number of hydrogen-bond donors (Lipinski definition) is 0. The largest absolute Gasteiger partial charge is 0.346 e. The Kier molecular flexibility index (Phi) is 4.85. The van der Waals surface area contributed by atoms with Crippen molar-refractivity contribution in [2.75, 3.05) is 38.7 Å². The Morgan fingerprint density at radius 3 is 2.29 bits per heavy atom. The highest BCUT2D eigenvalue weighted by molar-refractivity contribution is 8.32. The maximum atomic E-state index is 14.6. The van der Waals surface area contributed by atoms with E-state index in [0.29, 0.717) is 0 Å². The van der Waals surface area contributed by atoms with E-state index < -0.39 is 46.4 Å². The predicted octanol–water partition coefficient (Wildman–Crippen LogP) is 4.04. The first-order valence-corrected chi connectivity index (χ1v) is 9.26. The lowest BCUT2D eigenvalue weighted by Gasteiger charge is -2.29. The van der Waals surface area contributed by atoms with Gasteiger partial charge in [0.2, 0.25) is 0 Å². The molecule has 0 saturated carbocycles. The number of benzene rings is 1. The monoisotopic (exact) mass is 326 g/mol. The fourth-order valence-corrected chi connectivity index (χ4v) is 3.62. The van der Waals surface area contributed by atoms with E-state index in [1.54, 1.807) is 18.8 Å². The molecule has 0 aliphatic carbocycles. The Morgan fingerprint density at radius 1 is 1.24 bits per heavy atom. The van der Waals surface area contributed by atoms with Gasteiger partial charge in [-0.15, -0.1) is 0 Å². The number of ether oxygens (including phenoxy) is 2. The minimum atomic E-state index is -2.17. The molecule has 1 saturated heterocycles. The molecule has 0 amide bonds. The van der Waals surface area contributed by atoms with Crippen molar-refractivity contribution in [1.82, 2.24) is 0 Å². The summed E-state index contributed by atoms with van der Waals surface area (Å²) in [6.45, 7) is -0.903. The van der Waals surface area contributed by atoms with Crippen LogP contribution in [0.2, 0.25) is 0 Å². The van der Waals surface area contributed by atoms with Gasteiger partial charge in [0.15, 0.2) is 12.5 Å². The second kappa shape index (κ2) is 6.14. The highest BCUT2D eigenvalue weighted by Gasteiger charge is 2.33. The van der Waals surface area contributed by atoms with Crippen LogP contribution in [0.3, 0.4) is 0 Å². The molecule has 2 rings (SSSR count). The van der Waals surface area contributed by atoms with Crippen molar-refractivity contribution in [3.8, 4) is 0 Å². The lowest BCUT2D eigenvalue weighted by Crippen LogP contribution is -2.13. The van der Waals surface area contributed by atoms with E-state index >= 15 is 0 Å². The molecule has 0 aromatic heterocycles. The Balaban J connectivity index is 2.65. The second-order valence-corrected chi connectivity index (χ2v) is 9.62. The molecule has 1 aromatic carbocycles. The fourth-order valence-electron chi connectivity index (χ4n) is 2.32. The predicted molar refractivity (Wildman–Crippen MR) is 74.5 cm³/mol.